The highest BCUT2D eigenvalue weighted by atomic mass is 16.5. The van der Waals surface area contributed by atoms with E-state index in [1.165, 1.54) is 0 Å². The molecule has 0 radical (unpaired) electrons. The van der Waals surface area contributed by atoms with E-state index in [2.05, 4.69) is 20.3 Å². The molecule has 0 aliphatic carbocycles. The molecule has 2 aromatic rings. The Balaban J connectivity index is 2.30. The fraction of sp³-hybridized carbons (Fsp3) is 0.357. The summed E-state index contributed by atoms with van der Waals surface area (Å²) in [6, 6.07) is 7.59. The fourth-order valence-electron chi connectivity index (χ4n) is 1.56. The highest BCUT2D eigenvalue weighted by molar-refractivity contribution is 5.41. The van der Waals surface area contributed by atoms with Crippen LogP contribution >= 0.6 is 0 Å². The Kier molecular flexibility index (Phi) is 4.76. The molecular formula is C14H18N4O3. The lowest BCUT2D eigenvalue weighted by Crippen LogP contribution is -2.11. The Bertz CT molecular complexity index is 605. The van der Waals surface area contributed by atoms with Gasteiger partial charge in [0.25, 0.3) is 0 Å². The first-order valence-corrected chi connectivity index (χ1v) is 6.53. The van der Waals surface area contributed by atoms with Crippen molar-refractivity contribution in [3.63, 3.8) is 0 Å². The summed E-state index contributed by atoms with van der Waals surface area (Å²) in [5.74, 6) is 1.48. The maximum absolute atomic E-state index is 5.66. The molecule has 0 fully saturated rings. The van der Waals surface area contributed by atoms with E-state index in [0.29, 0.717) is 17.4 Å². The maximum atomic E-state index is 5.66. The molecule has 1 heterocycles. The van der Waals surface area contributed by atoms with Gasteiger partial charge in [0.15, 0.2) is 11.5 Å². The van der Waals surface area contributed by atoms with Crippen molar-refractivity contribution in [2.24, 2.45) is 0 Å². The van der Waals surface area contributed by atoms with Crippen molar-refractivity contribution in [2.75, 3.05) is 19.5 Å². The van der Waals surface area contributed by atoms with Gasteiger partial charge < -0.3 is 19.5 Å². The lowest BCUT2D eigenvalue weighted by atomic mass is 10.3. The summed E-state index contributed by atoms with van der Waals surface area (Å²) in [6.07, 6.45) is -0.0452. The SMILES string of the molecule is CNc1nc(Oc2ccccc2OC)nc(OC(C)C)n1. The molecule has 1 aromatic carbocycles. The van der Waals surface area contributed by atoms with Gasteiger partial charge in [0.2, 0.25) is 5.95 Å². The first kappa shape index (κ1) is 14.8. The smallest absolute Gasteiger partial charge is 0.330 e. The van der Waals surface area contributed by atoms with Crippen molar-refractivity contribution < 1.29 is 14.2 Å². The van der Waals surface area contributed by atoms with Crippen molar-refractivity contribution >= 4 is 5.95 Å². The van der Waals surface area contributed by atoms with E-state index in [0.717, 1.165) is 0 Å². The molecule has 0 amide bonds. The molecule has 2 rings (SSSR count). The molecule has 0 saturated carbocycles. The Labute approximate surface area is 123 Å². The van der Waals surface area contributed by atoms with E-state index in [9.17, 15) is 0 Å². The third kappa shape index (κ3) is 3.95. The van der Waals surface area contributed by atoms with E-state index >= 15 is 0 Å². The number of nitrogens with one attached hydrogen (secondary N) is 1. The molecule has 0 atom stereocenters. The van der Waals surface area contributed by atoms with Crippen molar-refractivity contribution in [1.82, 2.24) is 15.0 Å². The van der Waals surface area contributed by atoms with E-state index in [1.807, 2.05) is 26.0 Å². The first-order valence-electron chi connectivity index (χ1n) is 6.53. The van der Waals surface area contributed by atoms with Crippen LogP contribution in [0.5, 0.6) is 23.5 Å². The minimum absolute atomic E-state index is 0.0452. The number of rotatable bonds is 6. The van der Waals surface area contributed by atoms with Crippen LogP contribution in [0.25, 0.3) is 0 Å². The van der Waals surface area contributed by atoms with Gasteiger partial charge in [-0.15, -0.1) is 4.98 Å². The van der Waals surface area contributed by atoms with Gasteiger partial charge >= 0.3 is 12.0 Å². The van der Waals surface area contributed by atoms with Crippen LogP contribution in [0.4, 0.5) is 5.95 Å². The van der Waals surface area contributed by atoms with E-state index in [4.69, 9.17) is 14.2 Å². The van der Waals surface area contributed by atoms with Crippen molar-refractivity contribution in [3.8, 4) is 23.5 Å². The van der Waals surface area contributed by atoms with Crippen LogP contribution in [0.3, 0.4) is 0 Å². The van der Waals surface area contributed by atoms with Gasteiger partial charge in [0.1, 0.15) is 0 Å². The summed E-state index contributed by atoms with van der Waals surface area (Å²) in [5, 5.41) is 2.84. The van der Waals surface area contributed by atoms with E-state index < -0.39 is 0 Å². The monoisotopic (exact) mass is 290 g/mol. The normalized spacial score (nSPS) is 10.3. The number of anilines is 1. The summed E-state index contributed by atoms with van der Waals surface area (Å²) >= 11 is 0. The number of methoxy groups -OCH3 is 1. The Morgan fingerprint density at radius 2 is 1.67 bits per heavy atom. The standard InChI is InChI=1S/C14H18N4O3/c1-9(2)20-13-16-12(15-3)17-14(18-13)21-11-8-6-5-7-10(11)19-4/h5-9H,1-4H3,(H,15,16,17,18). The Hall–Kier alpha value is -2.57. The molecule has 112 valence electrons. The van der Waals surface area contributed by atoms with Gasteiger partial charge in [0.05, 0.1) is 13.2 Å². The predicted octanol–water partition coefficient (Wildman–Crippen LogP) is 2.50. The second kappa shape index (κ2) is 6.74. The van der Waals surface area contributed by atoms with Crippen LogP contribution < -0.4 is 19.5 Å². The molecule has 0 spiro atoms. The van der Waals surface area contributed by atoms with Gasteiger partial charge in [0, 0.05) is 7.05 Å². The lowest BCUT2D eigenvalue weighted by Gasteiger charge is -2.11. The number of benzene rings is 1. The zero-order chi connectivity index (χ0) is 15.2. The zero-order valence-corrected chi connectivity index (χ0v) is 12.5. The topological polar surface area (TPSA) is 78.4 Å². The number of aromatic nitrogens is 3. The third-order valence-electron chi connectivity index (χ3n) is 2.43. The molecule has 1 aromatic heterocycles. The van der Waals surface area contributed by atoms with Crippen LogP contribution in [0.1, 0.15) is 13.8 Å². The molecule has 1 N–H and O–H groups in total. The summed E-state index contributed by atoms with van der Waals surface area (Å²) in [7, 11) is 3.28. The molecule has 0 bridgehead atoms. The number of nitrogens with zero attached hydrogens (tertiary/aromatic N) is 3. The first-order chi connectivity index (χ1) is 10.1. The van der Waals surface area contributed by atoms with Crippen LogP contribution in [0.2, 0.25) is 0 Å². The average molecular weight is 290 g/mol. The zero-order valence-electron chi connectivity index (χ0n) is 12.5. The molecule has 0 unspecified atom stereocenters. The Morgan fingerprint density at radius 1 is 1.00 bits per heavy atom. The van der Waals surface area contributed by atoms with Crippen LogP contribution in [-0.2, 0) is 0 Å². The molecule has 7 nitrogen and oxygen atoms in total. The number of para-hydroxylation sites is 2. The predicted molar refractivity (Wildman–Crippen MR) is 78.2 cm³/mol. The quantitative estimate of drug-likeness (QED) is 0.875. The minimum atomic E-state index is -0.0452. The van der Waals surface area contributed by atoms with E-state index in [-0.39, 0.29) is 18.1 Å². The number of ether oxygens (including phenoxy) is 3. The summed E-state index contributed by atoms with van der Waals surface area (Å²) in [6.45, 7) is 3.78. The molecule has 0 saturated heterocycles. The Morgan fingerprint density at radius 3 is 2.29 bits per heavy atom. The van der Waals surface area contributed by atoms with Crippen LogP contribution in [0.15, 0.2) is 24.3 Å². The molecule has 21 heavy (non-hydrogen) atoms. The van der Waals surface area contributed by atoms with E-state index in [1.54, 1.807) is 26.3 Å². The van der Waals surface area contributed by atoms with Gasteiger partial charge in [-0.1, -0.05) is 12.1 Å². The highest BCUT2D eigenvalue weighted by Crippen LogP contribution is 2.30. The largest absolute Gasteiger partial charge is 0.493 e. The van der Waals surface area contributed by atoms with Crippen LogP contribution in [-0.4, -0.2) is 35.2 Å². The number of hydrogen-bond donors (Lipinski definition) is 1. The molecule has 0 aliphatic heterocycles. The second-order valence-corrected chi connectivity index (χ2v) is 4.39. The summed E-state index contributed by atoms with van der Waals surface area (Å²) in [4.78, 5) is 12.4. The number of hydrogen-bond acceptors (Lipinski definition) is 7. The van der Waals surface area contributed by atoms with Crippen molar-refractivity contribution in [3.05, 3.63) is 24.3 Å². The van der Waals surface area contributed by atoms with Gasteiger partial charge in [-0.25, -0.2) is 0 Å². The molecule has 0 aliphatic rings. The van der Waals surface area contributed by atoms with Gasteiger partial charge in [-0.05, 0) is 26.0 Å². The molecule has 7 heteroatoms. The van der Waals surface area contributed by atoms with Crippen molar-refractivity contribution in [1.29, 1.82) is 0 Å². The summed E-state index contributed by atoms with van der Waals surface area (Å²) in [5.41, 5.74) is 0. The summed E-state index contributed by atoms with van der Waals surface area (Å²) < 4.78 is 16.4. The van der Waals surface area contributed by atoms with Crippen molar-refractivity contribution in [2.45, 2.75) is 20.0 Å². The average Bonchev–Trinajstić information content (AvgIpc) is 2.46. The van der Waals surface area contributed by atoms with Gasteiger partial charge in [-0.2, -0.15) is 9.97 Å². The van der Waals surface area contributed by atoms with Crippen LogP contribution in [0, 0.1) is 0 Å². The highest BCUT2D eigenvalue weighted by Gasteiger charge is 2.12. The minimum Gasteiger partial charge on any atom is -0.493 e. The third-order valence-corrected chi connectivity index (χ3v) is 2.43. The lowest BCUT2D eigenvalue weighted by molar-refractivity contribution is 0.218. The fourth-order valence-corrected chi connectivity index (χ4v) is 1.56. The van der Waals surface area contributed by atoms with Gasteiger partial charge in [-0.3, -0.25) is 0 Å². The second-order valence-electron chi connectivity index (χ2n) is 4.39. The maximum Gasteiger partial charge on any atom is 0.330 e. The molecular weight excluding hydrogens is 272 g/mol.